The van der Waals surface area contributed by atoms with Crippen molar-refractivity contribution >= 4 is 11.8 Å². The van der Waals surface area contributed by atoms with Gasteiger partial charge in [0.2, 0.25) is 11.8 Å². The van der Waals surface area contributed by atoms with E-state index in [1.165, 1.54) is 19.3 Å². The zero-order valence-corrected chi connectivity index (χ0v) is 16.9. The molecule has 0 radical (unpaired) electrons. The van der Waals surface area contributed by atoms with Gasteiger partial charge in [-0.3, -0.25) is 9.59 Å². The molecule has 2 N–H and O–H groups in total. The van der Waals surface area contributed by atoms with Crippen LogP contribution >= 0.6 is 0 Å². The van der Waals surface area contributed by atoms with Crippen molar-refractivity contribution in [2.75, 3.05) is 6.61 Å². The van der Waals surface area contributed by atoms with Gasteiger partial charge in [-0.25, -0.2) is 0 Å². The first-order valence-corrected chi connectivity index (χ1v) is 11.4. The standard InChI is InChI=1S/C22H36N2O3/c1-3-7-17(27-4-2)21(25)23-15-8-5-6-9-16(15)24-22(26)20-18-13-10-11-14(12-13)19(18)20/h13-20H,3-12H2,1-2H3,(H,23,25)(H,24,26)/t13-,14+,15-,16-,17?,18+,19-,20?/m1/s1. The molecule has 5 nitrogen and oxygen atoms in total. The number of nitrogens with one attached hydrogen (secondary N) is 2. The average molecular weight is 377 g/mol. The molecule has 4 aliphatic rings. The van der Waals surface area contributed by atoms with Crippen molar-refractivity contribution in [3.8, 4) is 0 Å². The third-order valence-corrected chi connectivity index (χ3v) is 7.67. The number of rotatable bonds is 8. The summed E-state index contributed by atoms with van der Waals surface area (Å²) in [7, 11) is 0. The molecule has 27 heavy (non-hydrogen) atoms. The lowest BCUT2D eigenvalue weighted by molar-refractivity contribution is -0.134. The maximum atomic E-state index is 12.9. The maximum absolute atomic E-state index is 12.9. The van der Waals surface area contributed by atoms with Gasteiger partial charge in [-0.15, -0.1) is 0 Å². The lowest BCUT2D eigenvalue weighted by Crippen LogP contribution is -2.55. The third-order valence-electron chi connectivity index (χ3n) is 7.67. The van der Waals surface area contributed by atoms with Gasteiger partial charge in [0.25, 0.3) is 0 Å². The second-order valence-corrected chi connectivity index (χ2v) is 9.26. The lowest BCUT2D eigenvalue weighted by Gasteiger charge is -2.34. The van der Waals surface area contributed by atoms with Crippen LogP contribution in [0.5, 0.6) is 0 Å². The van der Waals surface area contributed by atoms with E-state index in [4.69, 9.17) is 4.74 Å². The van der Waals surface area contributed by atoms with Gasteiger partial charge in [0.05, 0.1) is 0 Å². The fraction of sp³-hybridized carbons (Fsp3) is 0.909. The Morgan fingerprint density at radius 3 is 2.19 bits per heavy atom. The van der Waals surface area contributed by atoms with Crippen LogP contribution in [0, 0.1) is 29.6 Å². The van der Waals surface area contributed by atoms with Crippen molar-refractivity contribution < 1.29 is 14.3 Å². The molecule has 0 aromatic rings. The predicted molar refractivity (Wildman–Crippen MR) is 104 cm³/mol. The van der Waals surface area contributed by atoms with Crippen molar-refractivity contribution in [1.29, 1.82) is 0 Å². The number of amides is 2. The molecule has 2 bridgehead atoms. The Morgan fingerprint density at radius 1 is 0.963 bits per heavy atom. The Hall–Kier alpha value is -1.10. The van der Waals surface area contributed by atoms with Gasteiger partial charge in [0.15, 0.2) is 0 Å². The quantitative estimate of drug-likeness (QED) is 0.684. The molecule has 0 saturated heterocycles. The summed E-state index contributed by atoms with van der Waals surface area (Å²) in [5.41, 5.74) is 0. The zero-order valence-electron chi connectivity index (χ0n) is 16.9. The second kappa shape index (κ2) is 8.10. The molecule has 152 valence electrons. The number of hydrogen-bond acceptors (Lipinski definition) is 3. The number of carbonyl (C=O) groups is 2. The molecule has 0 aliphatic heterocycles. The molecule has 5 heteroatoms. The van der Waals surface area contributed by atoms with Crippen LogP contribution in [0.2, 0.25) is 0 Å². The highest BCUT2D eigenvalue weighted by Gasteiger charge is 2.67. The Labute approximate surface area is 163 Å². The maximum Gasteiger partial charge on any atom is 0.249 e. The molecule has 4 saturated carbocycles. The van der Waals surface area contributed by atoms with Gasteiger partial charge in [-0.2, -0.15) is 0 Å². The second-order valence-electron chi connectivity index (χ2n) is 9.26. The van der Waals surface area contributed by atoms with Gasteiger partial charge in [-0.05, 0) is 69.1 Å². The summed E-state index contributed by atoms with van der Waals surface area (Å²) in [6.45, 7) is 4.55. The summed E-state index contributed by atoms with van der Waals surface area (Å²) in [5.74, 6) is 3.51. The smallest absolute Gasteiger partial charge is 0.249 e. The monoisotopic (exact) mass is 376 g/mol. The van der Waals surface area contributed by atoms with Crippen LogP contribution in [0.3, 0.4) is 0 Å². The van der Waals surface area contributed by atoms with Gasteiger partial charge in [0.1, 0.15) is 6.10 Å². The number of carbonyl (C=O) groups excluding carboxylic acids is 2. The van der Waals surface area contributed by atoms with Gasteiger partial charge in [0, 0.05) is 24.6 Å². The molecule has 2 amide bonds. The molecule has 8 atom stereocenters. The molecule has 0 aromatic carbocycles. The Bertz CT molecular complexity index is 544. The third kappa shape index (κ3) is 3.76. The fourth-order valence-corrected chi connectivity index (χ4v) is 6.46. The minimum Gasteiger partial charge on any atom is -0.369 e. The van der Waals surface area contributed by atoms with Crippen LogP contribution in [0.15, 0.2) is 0 Å². The normalized spacial score (nSPS) is 40.3. The minimum absolute atomic E-state index is 0.00816. The molecule has 4 rings (SSSR count). The van der Waals surface area contributed by atoms with Crippen LogP contribution < -0.4 is 10.6 Å². The first-order chi connectivity index (χ1) is 13.1. The average Bonchev–Trinajstić information content (AvgIpc) is 3.11. The molecular weight excluding hydrogens is 340 g/mol. The summed E-state index contributed by atoms with van der Waals surface area (Å²) >= 11 is 0. The van der Waals surface area contributed by atoms with Crippen molar-refractivity contribution in [1.82, 2.24) is 10.6 Å². The van der Waals surface area contributed by atoms with Gasteiger partial charge >= 0.3 is 0 Å². The van der Waals surface area contributed by atoms with E-state index in [1.807, 2.05) is 6.92 Å². The Balaban J connectivity index is 1.32. The summed E-state index contributed by atoms with van der Waals surface area (Å²) in [6, 6.07) is 0.128. The molecule has 4 aliphatic carbocycles. The Kier molecular flexibility index (Phi) is 5.77. The van der Waals surface area contributed by atoms with Crippen LogP contribution in [-0.2, 0) is 14.3 Å². The summed E-state index contributed by atoms with van der Waals surface area (Å²) in [6.07, 6.45) is 9.53. The summed E-state index contributed by atoms with van der Waals surface area (Å²) in [4.78, 5) is 25.6. The minimum atomic E-state index is -0.364. The molecule has 0 spiro atoms. The van der Waals surface area contributed by atoms with E-state index in [-0.39, 0.29) is 35.9 Å². The molecular formula is C22H36N2O3. The van der Waals surface area contributed by atoms with Crippen molar-refractivity contribution in [3.05, 3.63) is 0 Å². The summed E-state index contributed by atoms with van der Waals surface area (Å²) in [5, 5.41) is 6.55. The highest BCUT2D eigenvalue weighted by molar-refractivity contribution is 5.84. The van der Waals surface area contributed by atoms with Crippen LogP contribution in [0.4, 0.5) is 0 Å². The highest BCUT2D eigenvalue weighted by Crippen LogP contribution is 2.69. The number of hydrogen-bond donors (Lipinski definition) is 2. The molecule has 0 heterocycles. The molecule has 4 fully saturated rings. The van der Waals surface area contributed by atoms with Crippen LogP contribution in [0.25, 0.3) is 0 Å². The first kappa shape index (κ1) is 19.2. The van der Waals surface area contributed by atoms with Crippen LogP contribution in [0.1, 0.15) is 71.6 Å². The van der Waals surface area contributed by atoms with Gasteiger partial charge in [-0.1, -0.05) is 26.2 Å². The van der Waals surface area contributed by atoms with E-state index < -0.39 is 0 Å². The largest absolute Gasteiger partial charge is 0.369 e. The predicted octanol–water partition coefficient (Wildman–Crippen LogP) is 3.03. The van der Waals surface area contributed by atoms with Gasteiger partial charge < -0.3 is 15.4 Å². The van der Waals surface area contributed by atoms with Crippen molar-refractivity contribution in [2.24, 2.45) is 29.6 Å². The first-order valence-electron chi connectivity index (χ1n) is 11.4. The van der Waals surface area contributed by atoms with E-state index in [9.17, 15) is 9.59 Å². The zero-order chi connectivity index (χ0) is 19.0. The van der Waals surface area contributed by atoms with Crippen LogP contribution in [-0.4, -0.2) is 36.6 Å². The number of fused-ring (bicyclic) bond motifs is 5. The molecule has 2 unspecified atom stereocenters. The SMILES string of the molecule is CCCC(OCC)C(=O)N[C@@H]1CCCC[C@H]1NC(=O)C1[C@@H]2[C@H]3CC[C@H](C3)[C@H]12. The number of ether oxygens (including phenoxy) is 1. The Morgan fingerprint density at radius 2 is 1.59 bits per heavy atom. The molecule has 0 aromatic heterocycles. The topological polar surface area (TPSA) is 67.4 Å². The van der Waals surface area contributed by atoms with E-state index in [1.54, 1.807) is 0 Å². The van der Waals surface area contributed by atoms with E-state index in [0.717, 1.165) is 50.4 Å². The van der Waals surface area contributed by atoms with Crippen molar-refractivity contribution in [2.45, 2.75) is 89.8 Å². The summed E-state index contributed by atoms with van der Waals surface area (Å²) < 4.78 is 5.63. The van der Waals surface area contributed by atoms with Crippen molar-refractivity contribution in [3.63, 3.8) is 0 Å². The van der Waals surface area contributed by atoms with E-state index >= 15 is 0 Å². The fourth-order valence-electron chi connectivity index (χ4n) is 6.46. The highest BCUT2D eigenvalue weighted by atomic mass is 16.5. The van der Waals surface area contributed by atoms with E-state index in [2.05, 4.69) is 17.6 Å². The van der Waals surface area contributed by atoms with E-state index in [0.29, 0.717) is 18.4 Å². The lowest BCUT2D eigenvalue weighted by atomic mass is 9.89.